The van der Waals surface area contributed by atoms with Gasteiger partial charge in [-0.25, -0.2) is 9.97 Å². The first-order valence-electron chi connectivity index (χ1n) is 5.38. The standard InChI is InChI=1S/C13H7ClN2O2S/c14-8-2-1-7-3-11(18)12(16-10(7)4-8)13-15-9(5-17)6-19-13/h1-6,18H. The van der Waals surface area contributed by atoms with Gasteiger partial charge in [0, 0.05) is 15.8 Å². The zero-order chi connectivity index (χ0) is 13.4. The first-order chi connectivity index (χ1) is 9.17. The Morgan fingerprint density at radius 1 is 1.26 bits per heavy atom. The predicted octanol–water partition coefficient (Wildman–Crippen LogP) is 3.53. The molecule has 19 heavy (non-hydrogen) atoms. The molecule has 0 unspecified atom stereocenters. The summed E-state index contributed by atoms with van der Waals surface area (Å²) in [6, 6.07) is 6.84. The number of carbonyl (C=O) groups excluding carboxylic acids is 1. The Labute approximate surface area is 117 Å². The number of pyridine rings is 1. The number of aromatic hydroxyl groups is 1. The van der Waals surface area contributed by atoms with E-state index in [1.807, 2.05) is 0 Å². The van der Waals surface area contributed by atoms with Crippen molar-refractivity contribution in [2.45, 2.75) is 0 Å². The van der Waals surface area contributed by atoms with Gasteiger partial charge >= 0.3 is 0 Å². The quantitative estimate of drug-likeness (QED) is 0.733. The van der Waals surface area contributed by atoms with Gasteiger partial charge in [-0.2, -0.15) is 0 Å². The second kappa shape index (κ2) is 4.60. The Morgan fingerprint density at radius 2 is 2.11 bits per heavy atom. The van der Waals surface area contributed by atoms with Gasteiger partial charge in [0.2, 0.25) is 0 Å². The molecule has 2 aromatic heterocycles. The van der Waals surface area contributed by atoms with E-state index in [1.165, 1.54) is 11.3 Å². The van der Waals surface area contributed by atoms with Crippen molar-refractivity contribution in [2.24, 2.45) is 0 Å². The molecule has 0 radical (unpaired) electrons. The largest absolute Gasteiger partial charge is 0.506 e. The van der Waals surface area contributed by atoms with Gasteiger partial charge in [-0.1, -0.05) is 17.7 Å². The van der Waals surface area contributed by atoms with Gasteiger partial charge in [-0.05, 0) is 18.2 Å². The molecule has 0 saturated carbocycles. The van der Waals surface area contributed by atoms with Crippen molar-refractivity contribution in [1.29, 1.82) is 0 Å². The molecule has 0 aliphatic heterocycles. The number of aromatic nitrogens is 2. The Morgan fingerprint density at radius 3 is 2.84 bits per heavy atom. The molecule has 2 heterocycles. The number of benzene rings is 1. The molecule has 0 bridgehead atoms. The molecule has 0 fully saturated rings. The molecular formula is C13H7ClN2O2S. The average Bonchev–Trinajstić information content (AvgIpc) is 2.87. The van der Waals surface area contributed by atoms with E-state index in [4.69, 9.17) is 11.6 Å². The number of hydrogen-bond donors (Lipinski definition) is 1. The van der Waals surface area contributed by atoms with Gasteiger partial charge in [0.25, 0.3) is 0 Å². The van der Waals surface area contributed by atoms with Crippen molar-refractivity contribution in [3.05, 3.63) is 40.4 Å². The fraction of sp³-hybridized carbons (Fsp3) is 0. The number of nitrogens with zero attached hydrogens (tertiary/aromatic N) is 2. The third-order valence-electron chi connectivity index (χ3n) is 2.60. The summed E-state index contributed by atoms with van der Waals surface area (Å²) in [6.07, 6.45) is 0.662. The summed E-state index contributed by atoms with van der Waals surface area (Å²) in [5.41, 5.74) is 1.35. The van der Waals surface area contributed by atoms with Gasteiger partial charge in [0.15, 0.2) is 6.29 Å². The number of thiazole rings is 1. The van der Waals surface area contributed by atoms with Crippen LogP contribution in [0, 0.1) is 0 Å². The lowest BCUT2D eigenvalue weighted by atomic mass is 10.2. The molecule has 1 N–H and O–H groups in total. The lowest BCUT2D eigenvalue weighted by Gasteiger charge is -2.04. The Hall–Kier alpha value is -1.98. The number of fused-ring (bicyclic) bond motifs is 1. The zero-order valence-electron chi connectivity index (χ0n) is 9.50. The van der Waals surface area contributed by atoms with Crippen LogP contribution in [0.4, 0.5) is 0 Å². The number of hydrogen-bond acceptors (Lipinski definition) is 5. The van der Waals surface area contributed by atoms with Crippen LogP contribution in [0.1, 0.15) is 10.5 Å². The van der Waals surface area contributed by atoms with Crippen molar-refractivity contribution in [3.8, 4) is 16.5 Å². The van der Waals surface area contributed by atoms with E-state index in [-0.39, 0.29) is 5.75 Å². The van der Waals surface area contributed by atoms with E-state index < -0.39 is 0 Å². The first-order valence-corrected chi connectivity index (χ1v) is 6.63. The van der Waals surface area contributed by atoms with E-state index in [0.717, 1.165) is 5.39 Å². The summed E-state index contributed by atoms with van der Waals surface area (Å²) >= 11 is 7.18. The SMILES string of the molecule is O=Cc1csc(-c2nc3cc(Cl)ccc3cc2O)n1. The molecular weight excluding hydrogens is 284 g/mol. The van der Waals surface area contributed by atoms with Gasteiger partial charge in [-0.3, -0.25) is 4.79 Å². The minimum absolute atomic E-state index is 0.0293. The molecule has 1 aromatic carbocycles. The normalized spacial score (nSPS) is 10.8. The highest BCUT2D eigenvalue weighted by Gasteiger charge is 2.12. The summed E-state index contributed by atoms with van der Waals surface area (Å²) in [5.74, 6) is 0.0293. The van der Waals surface area contributed by atoms with Crippen LogP contribution in [-0.4, -0.2) is 21.4 Å². The van der Waals surface area contributed by atoms with Crippen LogP contribution in [0.15, 0.2) is 29.6 Å². The smallest absolute Gasteiger partial charge is 0.169 e. The second-order valence-electron chi connectivity index (χ2n) is 3.89. The molecule has 0 amide bonds. The molecule has 0 aliphatic carbocycles. The molecule has 0 spiro atoms. The first kappa shape index (κ1) is 12.1. The highest BCUT2D eigenvalue weighted by Crippen LogP contribution is 2.32. The zero-order valence-corrected chi connectivity index (χ0v) is 11.1. The summed E-state index contributed by atoms with van der Waals surface area (Å²) in [6.45, 7) is 0. The second-order valence-corrected chi connectivity index (χ2v) is 5.18. The summed E-state index contributed by atoms with van der Waals surface area (Å²) in [4.78, 5) is 19.1. The molecule has 4 nitrogen and oxygen atoms in total. The van der Waals surface area contributed by atoms with Crippen molar-refractivity contribution >= 4 is 40.1 Å². The topological polar surface area (TPSA) is 63.1 Å². The van der Waals surface area contributed by atoms with Crippen molar-refractivity contribution in [2.75, 3.05) is 0 Å². The Kier molecular flexibility index (Phi) is 2.93. The number of carbonyl (C=O) groups is 1. The molecule has 6 heteroatoms. The van der Waals surface area contributed by atoms with E-state index in [1.54, 1.807) is 29.6 Å². The van der Waals surface area contributed by atoms with Crippen LogP contribution in [-0.2, 0) is 0 Å². The maximum atomic E-state index is 10.6. The number of aldehydes is 1. The highest BCUT2D eigenvalue weighted by atomic mass is 35.5. The predicted molar refractivity (Wildman–Crippen MR) is 74.9 cm³/mol. The summed E-state index contributed by atoms with van der Waals surface area (Å²) in [5, 5.41) is 13.5. The monoisotopic (exact) mass is 290 g/mol. The van der Waals surface area contributed by atoms with Gasteiger partial charge in [0.05, 0.1) is 5.52 Å². The third-order valence-corrected chi connectivity index (χ3v) is 3.71. The maximum Gasteiger partial charge on any atom is 0.169 e. The minimum Gasteiger partial charge on any atom is -0.506 e. The van der Waals surface area contributed by atoms with Crippen LogP contribution < -0.4 is 0 Å². The fourth-order valence-corrected chi connectivity index (χ4v) is 2.66. The molecule has 3 aromatic rings. The number of halogens is 1. The van der Waals surface area contributed by atoms with Gasteiger partial charge in [0.1, 0.15) is 22.1 Å². The fourth-order valence-electron chi connectivity index (χ4n) is 1.74. The lowest BCUT2D eigenvalue weighted by Crippen LogP contribution is -1.87. The van der Waals surface area contributed by atoms with Crippen LogP contribution in [0.25, 0.3) is 21.6 Å². The number of rotatable bonds is 2. The average molecular weight is 291 g/mol. The van der Waals surface area contributed by atoms with Gasteiger partial charge in [-0.15, -0.1) is 11.3 Å². The van der Waals surface area contributed by atoms with Crippen LogP contribution >= 0.6 is 22.9 Å². The molecule has 3 rings (SSSR count). The van der Waals surface area contributed by atoms with Crippen molar-refractivity contribution in [3.63, 3.8) is 0 Å². The Balaban J connectivity index is 2.22. The van der Waals surface area contributed by atoms with Gasteiger partial charge < -0.3 is 5.11 Å². The van der Waals surface area contributed by atoms with E-state index in [9.17, 15) is 9.90 Å². The molecule has 0 saturated heterocycles. The van der Waals surface area contributed by atoms with E-state index in [0.29, 0.717) is 33.2 Å². The van der Waals surface area contributed by atoms with Crippen LogP contribution in [0.3, 0.4) is 0 Å². The van der Waals surface area contributed by atoms with Crippen molar-refractivity contribution in [1.82, 2.24) is 9.97 Å². The molecule has 0 atom stereocenters. The van der Waals surface area contributed by atoms with Crippen molar-refractivity contribution < 1.29 is 9.90 Å². The molecule has 94 valence electrons. The lowest BCUT2D eigenvalue weighted by molar-refractivity contribution is 0.111. The summed E-state index contributed by atoms with van der Waals surface area (Å²) in [7, 11) is 0. The Bertz CT molecular complexity index is 785. The van der Waals surface area contributed by atoms with Crippen LogP contribution in [0.2, 0.25) is 5.02 Å². The third kappa shape index (κ3) is 2.18. The summed E-state index contributed by atoms with van der Waals surface area (Å²) < 4.78 is 0. The maximum absolute atomic E-state index is 10.6. The van der Waals surface area contributed by atoms with E-state index in [2.05, 4.69) is 9.97 Å². The van der Waals surface area contributed by atoms with Crippen LogP contribution in [0.5, 0.6) is 5.75 Å². The van der Waals surface area contributed by atoms with E-state index >= 15 is 0 Å². The highest BCUT2D eigenvalue weighted by molar-refractivity contribution is 7.13. The minimum atomic E-state index is 0.0293. The molecule has 0 aliphatic rings.